The Hall–Kier alpha value is -1.42. The van der Waals surface area contributed by atoms with Gasteiger partial charge in [0.05, 0.1) is 5.69 Å². The molecule has 0 aliphatic heterocycles. The Kier molecular flexibility index (Phi) is 2.97. The highest BCUT2D eigenvalue weighted by Gasteiger charge is 2.01. The molecule has 1 N–H and O–H groups in total. The number of nitrogens with one attached hydrogen (secondary N) is 1. The standard InChI is InChI=1S/C11H11FN2S/c1-8-7-15-11(14-8)13-6-9-4-2-3-5-10(9)12/h2-5,7H,6H2,1H3,(H,13,14). The van der Waals surface area contributed by atoms with Gasteiger partial charge in [-0.3, -0.25) is 0 Å². The Labute approximate surface area is 91.8 Å². The van der Waals surface area contributed by atoms with Crippen molar-refractivity contribution >= 4 is 16.5 Å². The Balaban J connectivity index is 2.02. The molecule has 2 rings (SSSR count). The topological polar surface area (TPSA) is 24.9 Å². The van der Waals surface area contributed by atoms with Crippen molar-refractivity contribution in [3.05, 3.63) is 46.7 Å². The highest BCUT2D eigenvalue weighted by molar-refractivity contribution is 7.13. The minimum atomic E-state index is -0.182. The van der Waals surface area contributed by atoms with E-state index >= 15 is 0 Å². The average molecular weight is 222 g/mol. The zero-order chi connectivity index (χ0) is 10.7. The molecule has 0 saturated heterocycles. The highest BCUT2D eigenvalue weighted by atomic mass is 32.1. The number of thiazole rings is 1. The lowest BCUT2D eigenvalue weighted by Crippen LogP contribution is -2.01. The van der Waals surface area contributed by atoms with Gasteiger partial charge < -0.3 is 5.32 Å². The maximum Gasteiger partial charge on any atom is 0.183 e. The third-order valence-electron chi connectivity index (χ3n) is 2.01. The van der Waals surface area contributed by atoms with Crippen LogP contribution >= 0.6 is 11.3 Å². The predicted molar refractivity (Wildman–Crippen MR) is 60.6 cm³/mol. The number of benzene rings is 1. The van der Waals surface area contributed by atoms with Gasteiger partial charge in [-0.15, -0.1) is 11.3 Å². The van der Waals surface area contributed by atoms with Crippen molar-refractivity contribution in [1.29, 1.82) is 0 Å². The van der Waals surface area contributed by atoms with E-state index in [0.717, 1.165) is 10.8 Å². The molecule has 4 heteroatoms. The van der Waals surface area contributed by atoms with E-state index in [-0.39, 0.29) is 5.82 Å². The number of hydrogen-bond acceptors (Lipinski definition) is 3. The number of halogens is 1. The van der Waals surface area contributed by atoms with Gasteiger partial charge in [-0.1, -0.05) is 18.2 Å². The van der Waals surface area contributed by atoms with Crippen molar-refractivity contribution in [2.24, 2.45) is 0 Å². The molecular weight excluding hydrogens is 211 g/mol. The molecule has 0 atom stereocenters. The maximum absolute atomic E-state index is 13.2. The molecule has 15 heavy (non-hydrogen) atoms. The van der Waals surface area contributed by atoms with Gasteiger partial charge in [0.25, 0.3) is 0 Å². The first-order valence-electron chi connectivity index (χ1n) is 4.65. The number of aryl methyl sites for hydroxylation is 1. The van der Waals surface area contributed by atoms with E-state index in [0.29, 0.717) is 12.1 Å². The van der Waals surface area contributed by atoms with Gasteiger partial charge in [0, 0.05) is 17.5 Å². The summed E-state index contributed by atoms with van der Waals surface area (Å²) in [6, 6.07) is 6.74. The minimum absolute atomic E-state index is 0.182. The molecule has 1 aromatic carbocycles. The molecule has 78 valence electrons. The number of hydrogen-bond donors (Lipinski definition) is 1. The quantitative estimate of drug-likeness (QED) is 0.862. The zero-order valence-electron chi connectivity index (χ0n) is 8.33. The molecule has 0 aliphatic carbocycles. The molecule has 1 heterocycles. The minimum Gasteiger partial charge on any atom is -0.357 e. The second kappa shape index (κ2) is 4.40. The van der Waals surface area contributed by atoms with Gasteiger partial charge in [-0.2, -0.15) is 0 Å². The number of anilines is 1. The van der Waals surface area contributed by atoms with Crippen LogP contribution < -0.4 is 5.32 Å². The van der Waals surface area contributed by atoms with Crippen LogP contribution in [0.25, 0.3) is 0 Å². The molecule has 0 bridgehead atoms. The van der Waals surface area contributed by atoms with Crippen LogP contribution in [0.3, 0.4) is 0 Å². The first-order chi connectivity index (χ1) is 7.25. The van der Waals surface area contributed by atoms with Crippen LogP contribution in [0.4, 0.5) is 9.52 Å². The maximum atomic E-state index is 13.2. The lowest BCUT2D eigenvalue weighted by molar-refractivity contribution is 0.613. The third kappa shape index (κ3) is 2.53. The molecule has 0 radical (unpaired) electrons. The molecule has 0 saturated carbocycles. The fraction of sp³-hybridized carbons (Fsp3) is 0.182. The van der Waals surface area contributed by atoms with Gasteiger partial charge in [0.15, 0.2) is 5.13 Å². The van der Waals surface area contributed by atoms with E-state index in [1.54, 1.807) is 12.1 Å². The van der Waals surface area contributed by atoms with Crippen LogP contribution in [0.2, 0.25) is 0 Å². The SMILES string of the molecule is Cc1csc(NCc2ccccc2F)n1. The summed E-state index contributed by atoms with van der Waals surface area (Å²) >= 11 is 1.53. The van der Waals surface area contributed by atoms with E-state index in [1.807, 2.05) is 18.4 Å². The Bertz CT molecular complexity index is 453. The van der Waals surface area contributed by atoms with Crippen LogP contribution in [-0.4, -0.2) is 4.98 Å². The second-order valence-electron chi connectivity index (χ2n) is 3.24. The summed E-state index contributed by atoms with van der Waals surface area (Å²) < 4.78 is 13.2. The Morgan fingerprint density at radius 1 is 1.40 bits per heavy atom. The lowest BCUT2D eigenvalue weighted by Gasteiger charge is -2.03. The van der Waals surface area contributed by atoms with E-state index in [4.69, 9.17) is 0 Å². The van der Waals surface area contributed by atoms with Gasteiger partial charge in [0.1, 0.15) is 5.82 Å². The molecule has 0 spiro atoms. The molecule has 1 aromatic heterocycles. The summed E-state index contributed by atoms with van der Waals surface area (Å²) in [7, 11) is 0. The van der Waals surface area contributed by atoms with Crippen LogP contribution in [-0.2, 0) is 6.54 Å². The van der Waals surface area contributed by atoms with Crippen molar-refractivity contribution in [2.45, 2.75) is 13.5 Å². The smallest absolute Gasteiger partial charge is 0.183 e. The van der Waals surface area contributed by atoms with E-state index < -0.39 is 0 Å². The van der Waals surface area contributed by atoms with E-state index in [1.165, 1.54) is 17.4 Å². The van der Waals surface area contributed by atoms with Crippen molar-refractivity contribution in [3.63, 3.8) is 0 Å². The molecule has 2 nitrogen and oxygen atoms in total. The molecule has 2 aromatic rings. The molecule has 0 unspecified atom stereocenters. The first kappa shape index (κ1) is 10.1. The summed E-state index contributed by atoms with van der Waals surface area (Å²) in [6.07, 6.45) is 0. The summed E-state index contributed by atoms with van der Waals surface area (Å²) in [4.78, 5) is 4.24. The van der Waals surface area contributed by atoms with Crippen LogP contribution in [0.1, 0.15) is 11.3 Å². The fourth-order valence-electron chi connectivity index (χ4n) is 1.25. The monoisotopic (exact) mass is 222 g/mol. The molecule has 0 amide bonds. The second-order valence-corrected chi connectivity index (χ2v) is 4.10. The lowest BCUT2D eigenvalue weighted by atomic mass is 10.2. The van der Waals surface area contributed by atoms with Gasteiger partial charge >= 0.3 is 0 Å². The summed E-state index contributed by atoms with van der Waals surface area (Å²) in [5, 5.41) is 5.88. The molecular formula is C11H11FN2S. The Morgan fingerprint density at radius 3 is 2.87 bits per heavy atom. The van der Waals surface area contributed by atoms with E-state index in [9.17, 15) is 4.39 Å². The van der Waals surface area contributed by atoms with Gasteiger partial charge in [-0.25, -0.2) is 9.37 Å². The van der Waals surface area contributed by atoms with Crippen LogP contribution in [0.5, 0.6) is 0 Å². The first-order valence-corrected chi connectivity index (χ1v) is 5.53. The largest absolute Gasteiger partial charge is 0.357 e. The zero-order valence-corrected chi connectivity index (χ0v) is 9.14. The van der Waals surface area contributed by atoms with Gasteiger partial charge in [0.2, 0.25) is 0 Å². The van der Waals surface area contributed by atoms with Crippen molar-refractivity contribution in [3.8, 4) is 0 Å². The summed E-state index contributed by atoms with van der Waals surface area (Å²) in [5.74, 6) is -0.182. The van der Waals surface area contributed by atoms with E-state index in [2.05, 4.69) is 10.3 Å². The molecule has 0 aliphatic rings. The Morgan fingerprint density at radius 2 is 2.20 bits per heavy atom. The number of rotatable bonds is 3. The van der Waals surface area contributed by atoms with Gasteiger partial charge in [-0.05, 0) is 13.0 Å². The normalized spacial score (nSPS) is 10.3. The third-order valence-corrected chi connectivity index (χ3v) is 2.92. The average Bonchev–Trinajstić information content (AvgIpc) is 2.63. The number of aromatic nitrogens is 1. The highest BCUT2D eigenvalue weighted by Crippen LogP contribution is 2.16. The van der Waals surface area contributed by atoms with Crippen molar-refractivity contribution in [1.82, 2.24) is 4.98 Å². The summed E-state index contributed by atoms with van der Waals surface area (Å²) in [5.41, 5.74) is 1.64. The van der Waals surface area contributed by atoms with Crippen LogP contribution in [0, 0.1) is 12.7 Å². The fourth-order valence-corrected chi connectivity index (χ4v) is 1.93. The van der Waals surface area contributed by atoms with Crippen molar-refractivity contribution in [2.75, 3.05) is 5.32 Å². The van der Waals surface area contributed by atoms with Crippen molar-refractivity contribution < 1.29 is 4.39 Å². The van der Waals surface area contributed by atoms with Crippen LogP contribution in [0.15, 0.2) is 29.6 Å². The molecule has 0 fully saturated rings. The number of nitrogens with zero attached hydrogens (tertiary/aromatic N) is 1. The predicted octanol–water partition coefficient (Wildman–Crippen LogP) is 3.20. The summed E-state index contributed by atoms with van der Waals surface area (Å²) in [6.45, 7) is 2.41.